The molecule has 4 heteroatoms. The van der Waals surface area contributed by atoms with Gasteiger partial charge < -0.3 is 10.1 Å². The predicted molar refractivity (Wildman–Crippen MR) is 60.6 cm³/mol. The zero-order valence-corrected chi connectivity index (χ0v) is 9.89. The van der Waals surface area contributed by atoms with Gasteiger partial charge in [0, 0.05) is 16.9 Å². The summed E-state index contributed by atoms with van der Waals surface area (Å²) in [4.78, 5) is 0. The first-order chi connectivity index (χ1) is 7.25. The fourth-order valence-corrected chi connectivity index (χ4v) is 1.99. The van der Waals surface area contributed by atoms with Gasteiger partial charge in [0.15, 0.2) is 11.6 Å². The van der Waals surface area contributed by atoms with Crippen LogP contribution in [0.25, 0.3) is 0 Å². The van der Waals surface area contributed by atoms with Gasteiger partial charge in [0.05, 0.1) is 6.61 Å². The quantitative estimate of drug-likeness (QED) is 0.914. The molecule has 1 aromatic carbocycles. The molecule has 0 saturated carbocycles. The molecule has 1 aromatic rings. The molecule has 0 aliphatic carbocycles. The van der Waals surface area contributed by atoms with Crippen molar-refractivity contribution in [2.75, 3.05) is 19.7 Å². The van der Waals surface area contributed by atoms with E-state index in [1.54, 1.807) is 12.1 Å². The number of nitrogens with one attached hydrogen (secondary N) is 1. The highest BCUT2D eigenvalue weighted by Crippen LogP contribution is 2.22. The van der Waals surface area contributed by atoms with E-state index in [2.05, 4.69) is 21.2 Å². The van der Waals surface area contributed by atoms with E-state index in [-0.39, 0.29) is 5.82 Å². The second-order valence-electron chi connectivity index (χ2n) is 3.74. The van der Waals surface area contributed by atoms with Gasteiger partial charge in [-0.2, -0.15) is 0 Å². The molecule has 1 aliphatic heterocycles. The Hall–Kier alpha value is -0.610. The van der Waals surface area contributed by atoms with E-state index in [4.69, 9.17) is 4.74 Å². The second kappa shape index (κ2) is 4.94. The Labute approximate surface area is 96.9 Å². The minimum absolute atomic E-state index is 0.310. The maximum absolute atomic E-state index is 13.4. The van der Waals surface area contributed by atoms with Gasteiger partial charge in [0.2, 0.25) is 0 Å². The molecule has 0 unspecified atom stereocenters. The van der Waals surface area contributed by atoms with Crippen LogP contribution in [-0.2, 0) is 0 Å². The normalized spacial score (nSPS) is 20.5. The number of hydrogen-bond donors (Lipinski definition) is 1. The number of halogens is 2. The molecule has 1 atom stereocenters. The van der Waals surface area contributed by atoms with Crippen molar-refractivity contribution in [3.8, 4) is 5.75 Å². The summed E-state index contributed by atoms with van der Waals surface area (Å²) in [5.74, 6) is 0.536. The first kappa shape index (κ1) is 10.9. The third kappa shape index (κ3) is 2.92. The molecule has 1 aliphatic rings. The van der Waals surface area contributed by atoms with Gasteiger partial charge >= 0.3 is 0 Å². The van der Waals surface area contributed by atoms with E-state index >= 15 is 0 Å². The Morgan fingerprint density at radius 3 is 3.07 bits per heavy atom. The van der Waals surface area contributed by atoms with Gasteiger partial charge in [-0.05, 0) is 31.2 Å². The van der Waals surface area contributed by atoms with Crippen molar-refractivity contribution in [1.82, 2.24) is 5.32 Å². The number of rotatable bonds is 3. The average molecular weight is 274 g/mol. The maximum atomic E-state index is 13.4. The Morgan fingerprint density at radius 2 is 2.40 bits per heavy atom. The lowest BCUT2D eigenvalue weighted by atomic mass is 10.1. The Bertz CT molecular complexity index is 339. The van der Waals surface area contributed by atoms with Crippen molar-refractivity contribution in [2.24, 2.45) is 5.92 Å². The van der Waals surface area contributed by atoms with Crippen LogP contribution in [0.4, 0.5) is 4.39 Å². The van der Waals surface area contributed by atoms with E-state index in [0.717, 1.165) is 24.0 Å². The molecular formula is C11H13BrFNO. The molecule has 0 spiro atoms. The lowest BCUT2D eigenvalue weighted by molar-refractivity contribution is 0.249. The summed E-state index contributed by atoms with van der Waals surface area (Å²) in [6.45, 7) is 2.60. The predicted octanol–water partition coefficient (Wildman–Crippen LogP) is 2.58. The summed E-state index contributed by atoms with van der Waals surface area (Å²) in [5.41, 5.74) is 0. The molecule has 1 fully saturated rings. The molecule has 0 aromatic heterocycles. The summed E-state index contributed by atoms with van der Waals surface area (Å²) in [5, 5.41) is 3.25. The van der Waals surface area contributed by atoms with Gasteiger partial charge in [-0.25, -0.2) is 4.39 Å². The standard InChI is InChI=1S/C11H13BrFNO/c12-9-1-2-11(10(13)5-9)15-7-8-3-4-14-6-8/h1-2,5,8,14H,3-4,6-7H2/t8-/m1/s1. The smallest absolute Gasteiger partial charge is 0.166 e. The molecule has 0 amide bonds. The summed E-state index contributed by atoms with van der Waals surface area (Å²) in [7, 11) is 0. The molecule has 1 saturated heterocycles. The molecule has 0 radical (unpaired) electrons. The van der Waals surface area contributed by atoms with Crippen LogP contribution >= 0.6 is 15.9 Å². The minimum atomic E-state index is -0.310. The van der Waals surface area contributed by atoms with Crippen LogP contribution < -0.4 is 10.1 Å². The lowest BCUT2D eigenvalue weighted by Crippen LogP contribution is -2.15. The van der Waals surface area contributed by atoms with E-state index < -0.39 is 0 Å². The molecular weight excluding hydrogens is 261 g/mol. The summed E-state index contributed by atoms with van der Waals surface area (Å²) >= 11 is 3.21. The molecule has 15 heavy (non-hydrogen) atoms. The third-order valence-electron chi connectivity index (χ3n) is 2.53. The fraction of sp³-hybridized carbons (Fsp3) is 0.455. The fourth-order valence-electron chi connectivity index (χ4n) is 1.66. The number of hydrogen-bond acceptors (Lipinski definition) is 2. The van der Waals surface area contributed by atoms with Gasteiger partial charge in [0.1, 0.15) is 0 Å². The van der Waals surface area contributed by atoms with Crippen molar-refractivity contribution < 1.29 is 9.13 Å². The summed E-state index contributed by atoms with van der Waals surface area (Å²) in [6, 6.07) is 4.86. The van der Waals surface area contributed by atoms with Crippen LogP contribution in [0, 0.1) is 11.7 Å². The van der Waals surface area contributed by atoms with Crippen molar-refractivity contribution >= 4 is 15.9 Å². The minimum Gasteiger partial charge on any atom is -0.490 e. The van der Waals surface area contributed by atoms with Crippen LogP contribution in [0.15, 0.2) is 22.7 Å². The molecule has 1 N–H and O–H groups in total. The zero-order chi connectivity index (χ0) is 10.7. The number of ether oxygens (including phenoxy) is 1. The molecule has 0 bridgehead atoms. The SMILES string of the molecule is Fc1cc(Br)ccc1OC[C@@H]1CCNC1. The zero-order valence-electron chi connectivity index (χ0n) is 8.30. The topological polar surface area (TPSA) is 21.3 Å². The van der Waals surface area contributed by atoms with E-state index in [9.17, 15) is 4.39 Å². The Balaban J connectivity index is 1.92. The highest BCUT2D eigenvalue weighted by molar-refractivity contribution is 9.10. The van der Waals surface area contributed by atoms with Crippen molar-refractivity contribution in [3.63, 3.8) is 0 Å². The highest BCUT2D eigenvalue weighted by Gasteiger charge is 2.15. The molecule has 2 nitrogen and oxygen atoms in total. The largest absolute Gasteiger partial charge is 0.490 e. The molecule has 1 heterocycles. The lowest BCUT2D eigenvalue weighted by Gasteiger charge is -2.11. The van der Waals surface area contributed by atoms with Crippen LogP contribution in [0.1, 0.15) is 6.42 Å². The van der Waals surface area contributed by atoms with Gasteiger partial charge in [0.25, 0.3) is 0 Å². The van der Waals surface area contributed by atoms with Crippen LogP contribution in [-0.4, -0.2) is 19.7 Å². The van der Waals surface area contributed by atoms with Crippen molar-refractivity contribution in [3.05, 3.63) is 28.5 Å². The van der Waals surface area contributed by atoms with Crippen LogP contribution in [0.5, 0.6) is 5.75 Å². The van der Waals surface area contributed by atoms with E-state index in [1.807, 2.05) is 0 Å². The molecule has 82 valence electrons. The second-order valence-corrected chi connectivity index (χ2v) is 4.66. The highest BCUT2D eigenvalue weighted by atomic mass is 79.9. The van der Waals surface area contributed by atoms with Gasteiger partial charge in [-0.1, -0.05) is 15.9 Å². The number of benzene rings is 1. The van der Waals surface area contributed by atoms with Gasteiger partial charge in [-0.15, -0.1) is 0 Å². The van der Waals surface area contributed by atoms with Crippen molar-refractivity contribution in [1.29, 1.82) is 0 Å². The van der Waals surface area contributed by atoms with Crippen LogP contribution in [0.3, 0.4) is 0 Å². The maximum Gasteiger partial charge on any atom is 0.166 e. The van der Waals surface area contributed by atoms with Crippen molar-refractivity contribution in [2.45, 2.75) is 6.42 Å². The molecule has 2 rings (SSSR count). The third-order valence-corrected chi connectivity index (χ3v) is 3.02. The monoisotopic (exact) mass is 273 g/mol. The summed E-state index contributed by atoms with van der Waals surface area (Å²) < 4.78 is 19.5. The van der Waals surface area contributed by atoms with E-state index in [0.29, 0.717) is 18.3 Å². The Kier molecular flexibility index (Phi) is 3.59. The van der Waals surface area contributed by atoms with Gasteiger partial charge in [-0.3, -0.25) is 0 Å². The first-order valence-electron chi connectivity index (χ1n) is 5.04. The summed E-state index contributed by atoms with van der Waals surface area (Å²) in [6.07, 6.45) is 1.11. The van der Waals surface area contributed by atoms with E-state index in [1.165, 1.54) is 6.07 Å². The first-order valence-corrected chi connectivity index (χ1v) is 5.83. The Morgan fingerprint density at radius 1 is 1.53 bits per heavy atom. The average Bonchev–Trinajstić information content (AvgIpc) is 2.69. The van der Waals surface area contributed by atoms with Crippen LogP contribution in [0.2, 0.25) is 0 Å².